The molecule has 0 spiro atoms. The quantitative estimate of drug-likeness (QED) is 0.234. The third kappa shape index (κ3) is 6.44. The van der Waals surface area contributed by atoms with Gasteiger partial charge >= 0.3 is 5.97 Å². The van der Waals surface area contributed by atoms with E-state index < -0.39 is 17.7 Å². The van der Waals surface area contributed by atoms with Crippen molar-refractivity contribution in [2.75, 3.05) is 31.1 Å². The number of carbonyl (C=O) groups is 1. The largest absolute Gasteiger partial charge is 0.479 e. The molecule has 1 aromatic heterocycles. The molecule has 41 heavy (non-hydrogen) atoms. The number of fused-ring (bicyclic) bond motifs is 1. The average Bonchev–Trinajstić information content (AvgIpc) is 3.35. The van der Waals surface area contributed by atoms with Crippen LogP contribution in [-0.2, 0) is 9.53 Å². The van der Waals surface area contributed by atoms with Crippen LogP contribution in [0.3, 0.4) is 0 Å². The van der Waals surface area contributed by atoms with Crippen molar-refractivity contribution in [1.29, 1.82) is 0 Å². The third-order valence-electron chi connectivity index (χ3n) is 7.52. The minimum absolute atomic E-state index is 0.559. The van der Waals surface area contributed by atoms with Crippen molar-refractivity contribution >= 4 is 44.8 Å². The molecular weight excluding hydrogens is 554 g/mol. The second-order valence-electron chi connectivity index (χ2n) is 12.0. The van der Waals surface area contributed by atoms with Crippen LogP contribution in [-0.4, -0.2) is 58.8 Å². The zero-order valence-corrected chi connectivity index (χ0v) is 26.1. The van der Waals surface area contributed by atoms with E-state index >= 15 is 0 Å². The lowest BCUT2D eigenvalue weighted by Crippen LogP contribution is -2.48. The number of hydrogen-bond donors (Lipinski definition) is 1. The van der Waals surface area contributed by atoms with Gasteiger partial charge in [-0.3, -0.25) is 4.90 Å². The average molecular weight is 592 g/mol. The number of thiazole rings is 1. The molecule has 0 saturated carbocycles. The maximum Gasteiger partial charge on any atom is 0.337 e. The first-order valence-electron chi connectivity index (χ1n) is 14.1. The van der Waals surface area contributed by atoms with Crippen molar-refractivity contribution in [3.05, 3.63) is 70.7 Å². The first-order chi connectivity index (χ1) is 19.4. The Balaban J connectivity index is 1.62. The summed E-state index contributed by atoms with van der Waals surface area (Å²) >= 11 is 7.83. The molecular formula is C33H38ClN3O3S. The highest BCUT2D eigenvalue weighted by Gasteiger charge is 2.32. The zero-order chi connectivity index (χ0) is 29.5. The smallest absolute Gasteiger partial charge is 0.337 e. The summed E-state index contributed by atoms with van der Waals surface area (Å²) in [6, 6.07) is 18.7. The Hall–Kier alpha value is -2.97. The summed E-state index contributed by atoms with van der Waals surface area (Å²) < 4.78 is 7.08. The van der Waals surface area contributed by atoms with Crippen LogP contribution >= 0.6 is 22.9 Å². The SMILES string of the molecule is Cc1cc2nc(-c3cccc(N4CCN(C(C)C)CC4)c3)sc2c(-c2ccc(Cl)cc2)c1C(OC(C)(C)C)C(=O)O. The molecule has 1 aliphatic rings. The summed E-state index contributed by atoms with van der Waals surface area (Å²) in [5.41, 5.74) is 5.63. The second-order valence-corrected chi connectivity index (χ2v) is 13.4. The Morgan fingerprint density at radius 2 is 1.71 bits per heavy atom. The van der Waals surface area contributed by atoms with E-state index in [0.29, 0.717) is 16.6 Å². The van der Waals surface area contributed by atoms with Gasteiger partial charge in [0, 0.05) is 59.6 Å². The predicted molar refractivity (Wildman–Crippen MR) is 170 cm³/mol. The zero-order valence-electron chi connectivity index (χ0n) is 24.6. The molecule has 4 aromatic rings. The van der Waals surface area contributed by atoms with E-state index in [1.165, 1.54) is 5.69 Å². The lowest BCUT2D eigenvalue weighted by atomic mass is 9.91. The number of aryl methyl sites for hydroxylation is 1. The monoisotopic (exact) mass is 591 g/mol. The molecule has 1 aliphatic heterocycles. The van der Waals surface area contributed by atoms with Gasteiger partial charge in [-0.1, -0.05) is 35.9 Å². The maximum atomic E-state index is 12.6. The fourth-order valence-corrected chi connectivity index (χ4v) is 6.74. The molecule has 6 nitrogen and oxygen atoms in total. The van der Waals surface area contributed by atoms with Crippen LogP contribution < -0.4 is 4.90 Å². The van der Waals surface area contributed by atoms with E-state index in [4.69, 9.17) is 21.3 Å². The van der Waals surface area contributed by atoms with Crippen molar-refractivity contribution < 1.29 is 14.6 Å². The van der Waals surface area contributed by atoms with Gasteiger partial charge in [-0.2, -0.15) is 0 Å². The number of ether oxygens (including phenoxy) is 1. The molecule has 1 N–H and O–H groups in total. The number of aliphatic carboxylic acids is 1. The lowest BCUT2D eigenvalue weighted by Gasteiger charge is -2.38. The van der Waals surface area contributed by atoms with Crippen LogP contribution in [0, 0.1) is 6.92 Å². The third-order valence-corrected chi connectivity index (χ3v) is 8.91. The molecule has 216 valence electrons. The number of hydrogen-bond acceptors (Lipinski definition) is 6. The molecule has 0 radical (unpaired) electrons. The number of benzene rings is 3. The van der Waals surface area contributed by atoms with Crippen LogP contribution in [0.1, 0.15) is 51.8 Å². The van der Waals surface area contributed by atoms with Crippen molar-refractivity contribution in [2.24, 2.45) is 0 Å². The molecule has 3 aromatic carbocycles. The fourth-order valence-electron chi connectivity index (χ4n) is 5.49. The summed E-state index contributed by atoms with van der Waals surface area (Å²) in [7, 11) is 0. The van der Waals surface area contributed by atoms with Crippen LogP contribution in [0.5, 0.6) is 0 Å². The van der Waals surface area contributed by atoms with Crippen LogP contribution in [0.2, 0.25) is 5.02 Å². The topological polar surface area (TPSA) is 65.9 Å². The van der Waals surface area contributed by atoms with E-state index in [0.717, 1.165) is 63.7 Å². The van der Waals surface area contributed by atoms with Gasteiger partial charge in [-0.15, -0.1) is 11.3 Å². The van der Waals surface area contributed by atoms with Gasteiger partial charge in [0.1, 0.15) is 5.01 Å². The maximum absolute atomic E-state index is 12.6. The molecule has 5 rings (SSSR count). The summed E-state index contributed by atoms with van der Waals surface area (Å²) in [5.74, 6) is -1.02. The fraction of sp³-hybridized carbons (Fsp3) is 0.394. The van der Waals surface area contributed by atoms with Crippen molar-refractivity contribution in [2.45, 2.75) is 59.3 Å². The normalized spacial score (nSPS) is 15.6. The van der Waals surface area contributed by atoms with Gasteiger partial charge < -0.3 is 14.7 Å². The van der Waals surface area contributed by atoms with Gasteiger partial charge in [0.05, 0.1) is 15.8 Å². The number of anilines is 1. The van der Waals surface area contributed by atoms with Gasteiger partial charge in [0.2, 0.25) is 0 Å². The van der Waals surface area contributed by atoms with Crippen LogP contribution in [0.25, 0.3) is 31.9 Å². The summed E-state index contributed by atoms with van der Waals surface area (Å²) in [4.78, 5) is 22.6. The number of rotatable bonds is 7. The number of carboxylic acids is 1. The van der Waals surface area contributed by atoms with E-state index in [1.54, 1.807) is 11.3 Å². The summed E-state index contributed by atoms with van der Waals surface area (Å²) in [5, 5.41) is 11.8. The van der Waals surface area contributed by atoms with Gasteiger partial charge in [0.15, 0.2) is 6.10 Å². The Morgan fingerprint density at radius 3 is 2.32 bits per heavy atom. The van der Waals surface area contributed by atoms with Crippen LogP contribution in [0.15, 0.2) is 54.6 Å². The van der Waals surface area contributed by atoms with Crippen molar-refractivity contribution in [1.82, 2.24) is 9.88 Å². The molecule has 1 unspecified atom stereocenters. The van der Waals surface area contributed by atoms with Crippen molar-refractivity contribution in [3.8, 4) is 21.7 Å². The molecule has 0 aliphatic carbocycles. The lowest BCUT2D eigenvalue weighted by molar-refractivity contribution is -0.160. The molecule has 1 saturated heterocycles. The Bertz CT molecular complexity index is 1550. The molecule has 2 heterocycles. The van der Waals surface area contributed by atoms with Gasteiger partial charge in [-0.25, -0.2) is 9.78 Å². The van der Waals surface area contributed by atoms with Gasteiger partial charge in [-0.05, 0) is 83.0 Å². The molecule has 1 atom stereocenters. The summed E-state index contributed by atoms with van der Waals surface area (Å²) in [6.07, 6.45) is -1.14. The summed E-state index contributed by atoms with van der Waals surface area (Å²) in [6.45, 7) is 16.2. The Kier molecular flexibility index (Phi) is 8.44. The first-order valence-corrected chi connectivity index (χ1v) is 15.3. The Morgan fingerprint density at radius 1 is 1.02 bits per heavy atom. The number of piperazine rings is 1. The van der Waals surface area contributed by atoms with Crippen LogP contribution in [0.4, 0.5) is 5.69 Å². The number of aromatic nitrogens is 1. The molecule has 0 amide bonds. The van der Waals surface area contributed by atoms with Crippen molar-refractivity contribution in [3.63, 3.8) is 0 Å². The van der Waals surface area contributed by atoms with Gasteiger partial charge in [0.25, 0.3) is 0 Å². The second kappa shape index (κ2) is 11.7. The number of halogens is 1. The standard InChI is InChI=1S/C33H38ClN3O3S/c1-20(2)36-14-16-37(17-15-36)25-9-7-8-23(19-25)31-35-26-18-21(3)27(29(32(38)39)40-33(4,5)6)28(30(26)41-31)22-10-12-24(34)13-11-22/h7-13,18-20,29H,14-17H2,1-6H3,(H,38,39). The Labute approximate surface area is 251 Å². The van der Waals surface area contributed by atoms with E-state index in [-0.39, 0.29) is 0 Å². The number of nitrogens with zero attached hydrogens (tertiary/aromatic N) is 3. The minimum atomic E-state index is -1.14. The molecule has 1 fully saturated rings. The van der Waals surface area contributed by atoms with E-state index in [1.807, 2.05) is 58.0 Å². The van der Waals surface area contributed by atoms with E-state index in [9.17, 15) is 9.90 Å². The minimum Gasteiger partial charge on any atom is -0.479 e. The highest BCUT2D eigenvalue weighted by molar-refractivity contribution is 7.22. The highest BCUT2D eigenvalue weighted by atomic mass is 35.5. The molecule has 0 bridgehead atoms. The molecule has 8 heteroatoms. The highest BCUT2D eigenvalue weighted by Crippen LogP contribution is 2.44. The van der Waals surface area contributed by atoms with E-state index in [2.05, 4.69) is 47.9 Å². The predicted octanol–water partition coefficient (Wildman–Crippen LogP) is 8.06. The first kappa shape index (κ1) is 29.5. The number of carboxylic acid groups (broad SMARTS) is 1.